The van der Waals surface area contributed by atoms with Crippen LogP contribution in [0.5, 0.6) is 0 Å². The summed E-state index contributed by atoms with van der Waals surface area (Å²) in [4.78, 5) is 0. The highest BCUT2D eigenvalue weighted by atomic mass is 79.9. The maximum absolute atomic E-state index is 12.8. The number of hydrogen-bond donors (Lipinski definition) is 2. The van der Waals surface area contributed by atoms with Crippen LogP contribution in [0.15, 0.2) is 22.7 Å². The molecule has 6 heteroatoms. The van der Waals surface area contributed by atoms with Gasteiger partial charge in [-0.05, 0) is 18.2 Å². The summed E-state index contributed by atoms with van der Waals surface area (Å²) in [5.74, 6) is 0. The van der Waals surface area contributed by atoms with Gasteiger partial charge in [0, 0.05) is 29.3 Å². The summed E-state index contributed by atoms with van der Waals surface area (Å²) >= 11 is 3.05. The summed E-state index contributed by atoms with van der Waals surface area (Å²) < 4.78 is 38.8. The van der Waals surface area contributed by atoms with E-state index in [9.17, 15) is 13.2 Å². The molecule has 1 aromatic rings. The zero-order chi connectivity index (χ0) is 13.8. The number of alkyl halides is 3. The van der Waals surface area contributed by atoms with E-state index in [1.807, 2.05) is 13.8 Å². The largest absolute Gasteiger partial charge is 0.418 e. The first-order chi connectivity index (χ1) is 8.30. The number of nitrogens with one attached hydrogen (secondary N) is 2. The molecule has 0 aromatic heterocycles. The third-order valence-electron chi connectivity index (χ3n) is 2.28. The Hall–Kier alpha value is -0.750. The Morgan fingerprint density at radius 1 is 1.22 bits per heavy atom. The molecule has 0 radical (unpaired) electrons. The van der Waals surface area contributed by atoms with Gasteiger partial charge in [-0.25, -0.2) is 0 Å². The minimum atomic E-state index is -4.35. The molecular weight excluding hydrogens is 309 g/mol. The number of anilines is 1. The molecule has 0 unspecified atom stereocenters. The van der Waals surface area contributed by atoms with E-state index in [1.54, 1.807) is 6.07 Å². The lowest BCUT2D eigenvalue weighted by Crippen LogP contribution is -2.28. The van der Waals surface area contributed by atoms with Crippen molar-refractivity contribution in [3.05, 3.63) is 28.2 Å². The summed E-state index contributed by atoms with van der Waals surface area (Å²) in [6, 6.07) is 4.42. The summed E-state index contributed by atoms with van der Waals surface area (Å²) in [5, 5.41) is 5.93. The molecule has 0 saturated heterocycles. The van der Waals surface area contributed by atoms with Gasteiger partial charge >= 0.3 is 6.18 Å². The molecule has 102 valence electrons. The number of halogens is 4. The highest BCUT2D eigenvalue weighted by molar-refractivity contribution is 9.10. The fourth-order valence-corrected chi connectivity index (χ4v) is 1.82. The van der Waals surface area contributed by atoms with Crippen LogP contribution in [0.4, 0.5) is 18.9 Å². The second-order valence-corrected chi connectivity index (χ2v) is 5.14. The molecule has 0 saturated carbocycles. The van der Waals surface area contributed by atoms with Crippen LogP contribution in [0.25, 0.3) is 0 Å². The lowest BCUT2D eigenvalue weighted by Gasteiger charge is -2.15. The molecule has 0 aliphatic rings. The monoisotopic (exact) mass is 324 g/mol. The predicted octanol–water partition coefficient (Wildman–Crippen LogP) is 3.88. The molecule has 2 nitrogen and oxygen atoms in total. The van der Waals surface area contributed by atoms with Crippen LogP contribution in [-0.4, -0.2) is 19.1 Å². The van der Waals surface area contributed by atoms with Crippen molar-refractivity contribution in [1.29, 1.82) is 0 Å². The normalized spacial score (nSPS) is 11.9. The van der Waals surface area contributed by atoms with E-state index in [1.165, 1.54) is 6.07 Å². The average molecular weight is 325 g/mol. The Morgan fingerprint density at radius 3 is 2.44 bits per heavy atom. The van der Waals surface area contributed by atoms with Crippen LogP contribution in [0, 0.1) is 0 Å². The Kier molecular flexibility index (Phi) is 5.47. The molecular formula is C12H16BrF3N2. The van der Waals surface area contributed by atoms with Crippen LogP contribution < -0.4 is 10.6 Å². The number of hydrogen-bond acceptors (Lipinski definition) is 2. The SMILES string of the molecule is CC(C)NCCNc1ccc(Br)cc1C(F)(F)F. The van der Waals surface area contributed by atoms with Gasteiger partial charge in [-0.2, -0.15) is 13.2 Å². The highest BCUT2D eigenvalue weighted by Crippen LogP contribution is 2.36. The minimum Gasteiger partial charge on any atom is -0.383 e. The maximum Gasteiger partial charge on any atom is 0.418 e. The fraction of sp³-hybridized carbons (Fsp3) is 0.500. The van der Waals surface area contributed by atoms with Crippen molar-refractivity contribution in [2.75, 3.05) is 18.4 Å². The molecule has 0 amide bonds. The molecule has 0 spiro atoms. The molecule has 1 rings (SSSR count). The molecule has 2 N–H and O–H groups in total. The first-order valence-corrected chi connectivity index (χ1v) is 6.44. The van der Waals surface area contributed by atoms with E-state index in [-0.39, 0.29) is 5.69 Å². The number of benzene rings is 1. The molecule has 0 aliphatic heterocycles. The Balaban J connectivity index is 2.70. The zero-order valence-electron chi connectivity index (χ0n) is 10.2. The molecule has 0 heterocycles. The van der Waals surface area contributed by atoms with Gasteiger partial charge in [0.15, 0.2) is 0 Å². The van der Waals surface area contributed by atoms with Crippen molar-refractivity contribution < 1.29 is 13.2 Å². The van der Waals surface area contributed by atoms with Gasteiger partial charge in [0.25, 0.3) is 0 Å². The first kappa shape index (κ1) is 15.3. The lowest BCUT2D eigenvalue weighted by atomic mass is 10.1. The zero-order valence-corrected chi connectivity index (χ0v) is 11.8. The Labute approximate surface area is 113 Å². The van der Waals surface area contributed by atoms with Crippen LogP contribution in [-0.2, 0) is 6.18 Å². The topological polar surface area (TPSA) is 24.1 Å². The van der Waals surface area contributed by atoms with Gasteiger partial charge in [-0.15, -0.1) is 0 Å². The highest BCUT2D eigenvalue weighted by Gasteiger charge is 2.33. The van der Waals surface area contributed by atoms with E-state index < -0.39 is 11.7 Å². The van der Waals surface area contributed by atoms with E-state index in [4.69, 9.17) is 0 Å². The van der Waals surface area contributed by atoms with Crippen molar-refractivity contribution in [2.45, 2.75) is 26.1 Å². The van der Waals surface area contributed by atoms with Gasteiger partial charge in [0.05, 0.1) is 5.56 Å². The third-order valence-corrected chi connectivity index (χ3v) is 2.77. The summed E-state index contributed by atoms with van der Waals surface area (Å²) in [5.41, 5.74) is -0.544. The van der Waals surface area contributed by atoms with E-state index in [0.29, 0.717) is 23.6 Å². The first-order valence-electron chi connectivity index (χ1n) is 5.64. The molecule has 0 fully saturated rings. The summed E-state index contributed by atoms with van der Waals surface area (Å²) in [6.07, 6.45) is -4.35. The Morgan fingerprint density at radius 2 is 1.89 bits per heavy atom. The molecule has 0 atom stereocenters. The molecule has 0 aliphatic carbocycles. The minimum absolute atomic E-state index is 0.108. The van der Waals surface area contributed by atoms with Crippen LogP contribution in [0.2, 0.25) is 0 Å². The lowest BCUT2D eigenvalue weighted by molar-refractivity contribution is -0.137. The molecule has 1 aromatic carbocycles. The number of rotatable bonds is 5. The van der Waals surface area contributed by atoms with Gasteiger partial charge in [-0.1, -0.05) is 29.8 Å². The summed E-state index contributed by atoms with van der Waals surface area (Å²) in [6.45, 7) is 5.04. The van der Waals surface area contributed by atoms with Crippen LogP contribution in [0.1, 0.15) is 19.4 Å². The standard InChI is InChI=1S/C12H16BrF3N2/c1-8(2)17-5-6-18-11-4-3-9(13)7-10(11)12(14,15)16/h3-4,7-8,17-18H,5-6H2,1-2H3. The van der Waals surface area contributed by atoms with Gasteiger partial charge < -0.3 is 10.6 Å². The van der Waals surface area contributed by atoms with E-state index >= 15 is 0 Å². The van der Waals surface area contributed by atoms with E-state index in [0.717, 1.165) is 6.07 Å². The van der Waals surface area contributed by atoms with Crippen molar-refractivity contribution in [2.24, 2.45) is 0 Å². The fourth-order valence-electron chi connectivity index (χ4n) is 1.46. The van der Waals surface area contributed by atoms with Crippen molar-refractivity contribution in [1.82, 2.24) is 5.32 Å². The second-order valence-electron chi connectivity index (χ2n) is 4.22. The van der Waals surface area contributed by atoms with Crippen molar-refractivity contribution in [3.8, 4) is 0 Å². The van der Waals surface area contributed by atoms with Crippen molar-refractivity contribution >= 4 is 21.6 Å². The quantitative estimate of drug-likeness (QED) is 0.803. The second kappa shape index (κ2) is 6.43. The third kappa shape index (κ3) is 4.86. The van der Waals surface area contributed by atoms with Crippen LogP contribution in [0.3, 0.4) is 0 Å². The maximum atomic E-state index is 12.8. The predicted molar refractivity (Wildman–Crippen MR) is 70.8 cm³/mol. The van der Waals surface area contributed by atoms with Gasteiger partial charge in [0.1, 0.15) is 0 Å². The van der Waals surface area contributed by atoms with Crippen molar-refractivity contribution in [3.63, 3.8) is 0 Å². The van der Waals surface area contributed by atoms with Crippen LogP contribution >= 0.6 is 15.9 Å². The Bertz CT molecular complexity index is 391. The summed E-state index contributed by atoms with van der Waals surface area (Å²) in [7, 11) is 0. The molecule has 18 heavy (non-hydrogen) atoms. The molecule has 0 bridgehead atoms. The smallest absolute Gasteiger partial charge is 0.383 e. The van der Waals surface area contributed by atoms with Gasteiger partial charge in [0.2, 0.25) is 0 Å². The van der Waals surface area contributed by atoms with E-state index in [2.05, 4.69) is 26.6 Å². The van der Waals surface area contributed by atoms with Gasteiger partial charge in [-0.3, -0.25) is 0 Å². The average Bonchev–Trinajstić information content (AvgIpc) is 2.24.